The maximum absolute atomic E-state index is 13.2. The molecule has 0 unspecified atom stereocenters. The van der Waals surface area contributed by atoms with Crippen molar-refractivity contribution in [2.45, 2.75) is 87.8 Å². The lowest BCUT2D eigenvalue weighted by molar-refractivity contribution is -0.277. The molecule has 3 heterocycles. The van der Waals surface area contributed by atoms with Crippen molar-refractivity contribution in [1.29, 1.82) is 0 Å². The zero-order chi connectivity index (χ0) is 32.0. The molecule has 0 amide bonds. The van der Waals surface area contributed by atoms with E-state index in [-0.39, 0.29) is 40.4 Å². The topological polar surface area (TPSA) is 245 Å². The van der Waals surface area contributed by atoms with Crippen molar-refractivity contribution < 1.29 is 74.4 Å². The van der Waals surface area contributed by atoms with Crippen LogP contribution in [0.15, 0.2) is 24.3 Å². The molecule has 2 aromatic carbocycles. The van der Waals surface area contributed by atoms with E-state index in [0.29, 0.717) is 5.56 Å². The van der Waals surface area contributed by atoms with Gasteiger partial charge in [-0.15, -0.1) is 0 Å². The summed E-state index contributed by atoms with van der Waals surface area (Å²) in [6.07, 6.45) is -15.9. The zero-order valence-corrected chi connectivity index (χ0v) is 23.8. The van der Waals surface area contributed by atoms with E-state index in [0.717, 1.165) is 0 Å². The van der Waals surface area contributed by atoms with Gasteiger partial charge in [-0.25, -0.2) is 0 Å². The highest BCUT2D eigenvalue weighted by molar-refractivity contribution is 6.03. The summed E-state index contributed by atoms with van der Waals surface area (Å²) in [5.41, 5.74) is 0.914. The molecule has 0 radical (unpaired) electrons. The minimum absolute atomic E-state index is 0.00214. The SMILES string of the molecule is Cc1c(O)c2c(c(C)c1O[C@@H]1O[C@H](CO)[C@@H](O)[C@H](O)[C@H]1O)O[C@@H](c1ccc(O[C@@H]3O[C@H](CO)[C@@H](O)[C@H](O)[C@H]3O)cc1)CC2=O. The molecule has 15 nitrogen and oxygen atoms in total. The summed E-state index contributed by atoms with van der Waals surface area (Å²) in [7, 11) is 0. The summed E-state index contributed by atoms with van der Waals surface area (Å²) < 4.78 is 28.4. The monoisotopic (exact) mass is 624 g/mol. The number of Topliss-reactive ketones (excluding diaryl/α,β-unsaturated/α-hetero) is 1. The van der Waals surface area contributed by atoms with Gasteiger partial charge in [0.05, 0.1) is 19.6 Å². The van der Waals surface area contributed by atoms with Crippen molar-refractivity contribution in [3.8, 4) is 23.0 Å². The van der Waals surface area contributed by atoms with E-state index in [2.05, 4.69) is 0 Å². The second-order valence-corrected chi connectivity index (χ2v) is 11.1. The molecule has 5 rings (SSSR count). The lowest BCUT2D eigenvalue weighted by Gasteiger charge is -2.40. The number of carbonyl (C=O) groups is 1. The highest BCUT2D eigenvalue weighted by Crippen LogP contribution is 2.48. The number of rotatable bonds is 7. The van der Waals surface area contributed by atoms with Gasteiger partial charge in [-0.1, -0.05) is 12.1 Å². The maximum Gasteiger partial charge on any atom is 0.229 e. The van der Waals surface area contributed by atoms with E-state index >= 15 is 0 Å². The fourth-order valence-electron chi connectivity index (χ4n) is 5.54. The van der Waals surface area contributed by atoms with Gasteiger partial charge in [-0.3, -0.25) is 4.79 Å². The van der Waals surface area contributed by atoms with Crippen molar-refractivity contribution in [2.75, 3.05) is 13.2 Å². The Morgan fingerprint density at radius 2 is 1.27 bits per heavy atom. The van der Waals surface area contributed by atoms with Gasteiger partial charge in [0, 0.05) is 11.1 Å². The largest absolute Gasteiger partial charge is 0.507 e. The van der Waals surface area contributed by atoms with Crippen LogP contribution in [-0.2, 0) is 9.47 Å². The predicted molar refractivity (Wildman–Crippen MR) is 145 cm³/mol. The fourth-order valence-corrected chi connectivity index (χ4v) is 5.54. The van der Waals surface area contributed by atoms with Crippen LogP contribution in [0.5, 0.6) is 23.0 Å². The number of fused-ring (bicyclic) bond motifs is 1. The van der Waals surface area contributed by atoms with Gasteiger partial charge in [0.1, 0.15) is 83.5 Å². The van der Waals surface area contributed by atoms with Crippen molar-refractivity contribution in [1.82, 2.24) is 0 Å². The number of phenolic OH excluding ortho intramolecular Hbond substituents is 1. The van der Waals surface area contributed by atoms with E-state index in [1.54, 1.807) is 19.1 Å². The van der Waals surface area contributed by atoms with E-state index in [4.69, 9.17) is 23.7 Å². The molecular formula is C29H36O15. The van der Waals surface area contributed by atoms with Crippen LogP contribution >= 0.6 is 0 Å². The van der Waals surface area contributed by atoms with Gasteiger partial charge < -0.3 is 69.6 Å². The normalized spacial score (nSPS) is 35.5. The Kier molecular flexibility index (Phi) is 9.34. The zero-order valence-electron chi connectivity index (χ0n) is 23.8. The summed E-state index contributed by atoms with van der Waals surface area (Å²) in [5.74, 6) is -0.587. The molecule has 0 saturated carbocycles. The average Bonchev–Trinajstić information content (AvgIpc) is 3.02. The van der Waals surface area contributed by atoms with Gasteiger partial charge in [-0.05, 0) is 31.5 Å². The first kappa shape index (κ1) is 32.3. The highest BCUT2D eigenvalue weighted by Gasteiger charge is 2.46. The maximum atomic E-state index is 13.2. The average molecular weight is 625 g/mol. The number of phenols is 1. The third-order valence-electron chi connectivity index (χ3n) is 8.19. The Bertz CT molecular complexity index is 1350. The Morgan fingerprint density at radius 1 is 0.750 bits per heavy atom. The number of aliphatic hydroxyl groups excluding tert-OH is 8. The summed E-state index contributed by atoms with van der Waals surface area (Å²) in [5, 5.41) is 90.7. The quantitative estimate of drug-likeness (QED) is 0.163. The Labute approximate surface area is 251 Å². The Morgan fingerprint density at radius 3 is 1.80 bits per heavy atom. The molecule has 0 bridgehead atoms. The lowest BCUT2D eigenvalue weighted by Crippen LogP contribution is -2.60. The molecule has 0 aliphatic carbocycles. The van der Waals surface area contributed by atoms with Gasteiger partial charge in [0.2, 0.25) is 12.6 Å². The minimum Gasteiger partial charge on any atom is -0.507 e. The number of carbonyl (C=O) groups excluding carboxylic acids is 1. The van der Waals surface area contributed by atoms with Gasteiger partial charge >= 0.3 is 0 Å². The lowest BCUT2D eigenvalue weighted by atomic mass is 9.91. The van der Waals surface area contributed by atoms with Gasteiger partial charge in [0.25, 0.3) is 0 Å². The number of aromatic hydroxyl groups is 1. The van der Waals surface area contributed by atoms with Crippen LogP contribution in [0.25, 0.3) is 0 Å². The van der Waals surface area contributed by atoms with Crippen LogP contribution in [0, 0.1) is 13.8 Å². The summed E-state index contributed by atoms with van der Waals surface area (Å²) in [6.45, 7) is 1.78. The number of aliphatic hydroxyl groups is 8. The first-order valence-electron chi connectivity index (χ1n) is 14.0. The fraction of sp³-hybridized carbons (Fsp3) is 0.552. The van der Waals surface area contributed by atoms with E-state index in [1.807, 2.05) is 0 Å². The smallest absolute Gasteiger partial charge is 0.229 e. The highest BCUT2D eigenvalue weighted by atomic mass is 16.7. The second kappa shape index (κ2) is 12.7. The first-order chi connectivity index (χ1) is 20.9. The second-order valence-electron chi connectivity index (χ2n) is 11.1. The summed E-state index contributed by atoms with van der Waals surface area (Å²) in [4.78, 5) is 13.2. The molecule has 15 heteroatoms. The summed E-state index contributed by atoms with van der Waals surface area (Å²) in [6, 6.07) is 6.20. The van der Waals surface area contributed by atoms with Crippen LogP contribution in [0.1, 0.15) is 39.6 Å². The van der Waals surface area contributed by atoms with E-state index in [1.165, 1.54) is 19.1 Å². The standard InChI is InChI=1S/C29H36O15/c1-10-19(33)18-14(32)7-15(12-3-5-13(6-4-12)40-28-24(38)22(36)20(34)16(8-30)42-28)41-27(18)11(2)26(10)44-29-25(39)23(37)21(35)17(9-31)43-29/h3-6,15-17,20-25,28-31,33-39H,7-9H2,1-2H3/t15-,16-,17-,20-,21-,22+,23+,24-,25-,28-,29+/m1/s1. The molecule has 2 fully saturated rings. The van der Waals surface area contributed by atoms with Crippen molar-refractivity contribution in [3.63, 3.8) is 0 Å². The van der Waals surface area contributed by atoms with Gasteiger partial charge in [0.15, 0.2) is 5.78 Å². The molecule has 11 atom stereocenters. The van der Waals surface area contributed by atoms with Crippen LogP contribution in [0.2, 0.25) is 0 Å². The number of ketones is 1. The number of hydrogen-bond acceptors (Lipinski definition) is 15. The van der Waals surface area contributed by atoms with Crippen LogP contribution in [0.4, 0.5) is 0 Å². The first-order valence-corrected chi connectivity index (χ1v) is 14.0. The van der Waals surface area contributed by atoms with Gasteiger partial charge in [-0.2, -0.15) is 0 Å². The third-order valence-corrected chi connectivity index (χ3v) is 8.19. The van der Waals surface area contributed by atoms with Crippen molar-refractivity contribution >= 4 is 5.78 Å². The minimum atomic E-state index is -1.70. The van der Waals surface area contributed by atoms with Crippen LogP contribution < -0.4 is 14.2 Å². The third kappa shape index (κ3) is 5.72. The van der Waals surface area contributed by atoms with Crippen LogP contribution in [0.3, 0.4) is 0 Å². The number of hydrogen-bond donors (Lipinski definition) is 9. The van der Waals surface area contributed by atoms with E-state index < -0.39 is 92.3 Å². The molecule has 0 aromatic heterocycles. The molecule has 3 aliphatic rings. The van der Waals surface area contributed by atoms with E-state index in [9.17, 15) is 50.8 Å². The number of benzene rings is 2. The van der Waals surface area contributed by atoms with Crippen LogP contribution in [-0.4, -0.2) is 126 Å². The molecular weight excluding hydrogens is 588 g/mol. The van der Waals surface area contributed by atoms with Crippen molar-refractivity contribution in [3.05, 3.63) is 46.5 Å². The molecule has 242 valence electrons. The van der Waals surface area contributed by atoms with Crippen molar-refractivity contribution in [2.24, 2.45) is 0 Å². The molecule has 44 heavy (non-hydrogen) atoms. The number of ether oxygens (including phenoxy) is 5. The predicted octanol–water partition coefficient (Wildman–Crippen LogP) is -1.93. The Hall–Kier alpha value is -3.09. The Balaban J connectivity index is 1.36. The molecule has 0 spiro atoms. The molecule has 2 saturated heterocycles. The molecule has 2 aromatic rings. The summed E-state index contributed by atoms with van der Waals surface area (Å²) >= 11 is 0. The molecule has 9 N–H and O–H groups in total. The molecule has 3 aliphatic heterocycles.